The van der Waals surface area contributed by atoms with Gasteiger partial charge in [-0.15, -0.1) is 11.8 Å². The van der Waals surface area contributed by atoms with Gasteiger partial charge in [0, 0.05) is 17.8 Å². The molecule has 148 valence electrons. The van der Waals surface area contributed by atoms with Crippen molar-refractivity contribution >= 4 is 35.0 Å². The lowest BCUT2D eigenvalue weighted by Crippen LogP contribution is -2.29. The zero-order valence-corrected chi connectivity index (χ0v) is 17.6. The smallest absolute Gasteiger partial charge is 0.238 e. The Morgan fingerprint density at radius 2 is 2.00 bits per heavy atom. The number of rotatable bonds is 7. The third kappa shape index (κ3) is 4.58. The Labute approximate surface area is 171 Å². The van der Waals surface area contributed by atoms with Gasteiger partial charge >= 0.3 is 0 Å². The predicted octanol–water partition coefficient (Wildman–Crippen LogP) is 5.72. The van der Waals surface area contributed by atoms with Gasteiger partial charge in [0.05, 0.1) is 5.75 Å². The minimum absolute atomic E-state index is 0.0381. The van der Waals surface area contributed by atoms with Gasteiger partial charge in [0.1, 0.15) is 5.37 Å². The molecule has 5 heteroatoms. The van der Waals surface area contributed by atoms with Crippen LogP contribution in [0.25, 0.3) is 0 Å². The van der Waals surface area contributed by atoms with E-state index in [1.165, 1.54) is 5.56 Å². The van der Waals surface area contributed by atoms with E-state index in [1.807, 2.05) is 47.4 Å². The standard InChI is InChI=1S/C23H28N2O2S/c1-4-5-13-21(26)24-18-10-8-9-17(14-18)23-25(22(27)15-28-23)20-12-7-6-11-19(20)16(2)3/h6-12,14,16,23H,4-5,13,15H2,1-3H3,(H,24,26)/t23-/m0/s1. The Hall–Kier alpha value is -2.27. The molecule has 0 bridgehead atoms. The van der Waals surface area contributed by atoms with E-state index in [4.69, 9.17) is 0 Å². The molecule has 3 rings (SSSR count). The van der Waals surface area contributed by atoms with Crippen molar-refractivity contribution in [3.05, 3.63) is 59.7 Å². The summed E-state index contributed by atoms with van der Waals surface area (Å²) in [6, 6.07) is 16.0. The molecule has 28 heavy (non-hydrogen) atoms. The summed E-state index contributed by atoms with van der Waals surface area (Å²) in [5.41, 5.74) is 3.97. The van der Waals surface area contributed by atoms with Crippen LogP contribution in [0.4, 0.5) is 11.4 Å². The lowest BCUT2D eigenvalue weighted by molar-refractivity contribution is -0.117. The van der Waals surface area contributed by atoms with E-state index in [0.717, 1.165) is 29.8 Å². The summed E-state index contributed by atoms with van der Waals surface area (Å²) in [6.45, 7) is 6.37. The van der Waals surface area contributed by atoms with Crippen molar-refractivity contribution in [3.63, 3.8) is 0 Å². The van der Waals surface area contributed by atoms with Crippen LogP contribution in [0.15, 0.2) is 48.5 Å². The fourth-order valence-corrected chi connectivity index (χ4v) is 4.62. The number of amides is 2. The molecular formula is C23H28N2O2S. The molecule has 0 aliphatic carbocycles. The monoisotopic (exact) mass is 396 g/mol. The van der Waals surface area contributed by atoms with E-state index >= 15 is 0 Å². The Bertz CT molecular complexity index is 850. The van der Waals surface area contributed by atoms with Crippen LogP contribution in [-0.2, 0) is 9.59 Å². The molecule has 0 radical (unpaired) electrons. The van der Waals surface area contributed by atoms with Crippen molar-refractivity contribution in [2.24, 2.45) is 0 Å². The molecule has 2 aromatic rings. The summed E-state index contributed by atoms with van der Waals surface area (Å²) in [5, 5.41) is 2.90. The van der Waals surface area contributed by atoms with Gasteiger partial charge in [0.15, 0.2) is 0 Å². The minimum Gasteiger partial charge on any atom is -0.326 e. The van der Waals surface area contributed by atoms with Crippen LogP contribution >= 0.6 is 11.8 Å². The quantitative estimate of drug-likeness (QED) is 0.651. The van der Waals surface area contributed by atoms with E-state index in [0.29, 0.717) is 18.1 Å². The summed E-state index contributed by atoms with van der Waals surface area (Å²) in [7, 11) is 0. The number of hydrogen-bond acceptors (Lipinski definition) is 3. The molecule has 0 saturated carbocycles. The zero-order valence-electron chi connectivity index (χ0n) is 16.8. The Morgan fingerprint density at radius 1 is 1.21 bits per heavy atom. The van der Waals surface area contributed by atoms with Gasteiger partial charge in [0.2, 0.25) is 11.8 Å². The van der Waals surface area contributed by atoms with Crippen molar-refractivity contribution in [2.75, 3.05) is 16.0 Å². The van der Waals surface area contributed by atoms with Gasteiger partial charge in [-0.3, -0.25) is 14.5 Å². The molecule has 1 aliphatic heterocycles. The number of nitrogens with one attached hydrogen (secondary N) is 1. The van der Waals surface area contributed by atoms with Gasteiger partial charge in [-0.05, 0) is 41.7 Å². The van der Waals surface area contributed by atoms with Crippen LogP contribution < -0.4 is 10.2 Å². The predicted molar refractivity (Wildman–Crippen MR) is 118 cm³/mol. The lowest BCUT2D eigenvalue weighted by Gasteiger charge is -2.28. The summed E-state index contributed by atoms with van der Waals surface area (Å²) in [5.74, 6) is 0.959. The van der Waals surface area contributed by atoms with E-state index in [1.54, 1.807) is 11.8 Å². The second-order valence-electron chi connectivity index (χ2n) is 7.42. The average Bonchev–Trinajstić information content (AvgIpc) is 3.08. The normalized spacial score (nSPS) is 16.6. The summed E-state index contributed by atoms with van der Waals surface area (Å²) in [4.78, 5) is 26.7. The number of para-hydroxylation sites is 1. The fraction of sp³-hybridized carbons (Fsp3) is 0.391. The van der Waals surface area contributed by atoms with Gasteiger partial charge in [0.25, 0.3) is 0 Å². The van der Waals surface area contributed by atoms with Crippen molar-refractivity contribution in [1.82, 2.24) is 0 Å². The third-order valence-corrected chi connectivity index (χ3v) is 6.11. The number of unbranched alkanes of at least 4 members (excludes halogenated alkanes) is 1. The summed E-state index contributed by atoms with van der Waals surface area (Å²) in [6.07, 6.45) is 2.42. The van der Waals surface area contributed by atoms with Crippen LogP contribution in [0.1, 0.15) is 62.5 Å². The van der Waals surface area contributed by atoms with Crippen molar-refractivity contribution < 1.29 is 9.59 Å². The van der Waals surface area contributed by atoms with Crippen molar-refractivity contribution in [3.8, 4) is 0 Å². The number of anilines is 2. The number of hydrogen-bond donors (Lipinski definition) is 1. The largest absolute Gasteiger partial charge is 0.326 e. The van der Waals surface area contributed by atoms with Crippen LogP contribution in [0.3, 0.4) is 0 Å². The molecule has 1 atom stereocenters. The molecule has 1 N–H and O–H groups in total. The number of carbonyl (C=O) groups is 2. The molecule has 1 aliphatic rings. The molecule has 0 spiro atoms. The average molecular weight is 397 g/mol. The summed E-state index contributed by atoms with van der Waals surface area (Å²) < 4.78 is 0. The summed E-state index contributed by atoms with van der Waals surface area (Å²) >= 11 is 1.63. The van der Waals surface area contributed by atoms with Crippen LogP contribution in [0.2, 0.25) is 0 Å². The molecular weight excluding hydrogens is 368 g/mol. The highest BCUT2D eigenvalue weighted by Gasteiger charge is 2.35. The van der Waals surface area contributed by atoms with Gasteiger partial charge in [-0.1, -0.05) is 57.5 Å². The van der Waals surface area contributed by atoms with Crippen LogP contribution in [-0.4, -0.2) is 17.6 Å². The Kier molecular flexibility index (Phi) is 6.79. The molecule has 1 heterocycles. The molecule has 0 unspecified atom stereocenters. The van der Waals surface area contributed by atoms with E-state index in [2.05, 4.69) is 32.2 Å². The molecule has 4 nitrogen and oxygen atoms in total. The van der Waals surface area contributed by atoms with Crippen LogP contribution in [0.5, 0.6) is 0 Å². The third-order valence-electron chi connectivity index (χ3n) is 4.90. The second-order valence-corrected chi connectivity index (χ2v) is 8.49. The maximum absolute atomic E-state index is 12.7. The highest BCUT2D eigenvalue weighted by Crippen LogP contribution is 2.44. The maximum Gasteiger partial charge on any atom is 0.238 e. The van der Waals surface area contributed by atoms with Crippen molar-refractivity contribution in [2.45, 2.75) is 51.3 Å². The van der Waals surface area contributed by atoms with Crippen molar-refractivity contribution in [1.29, 1.82) is 0 Å². The first kappa shape index (κ1) is 20.5. The highest BCUT2D eigenvalue weighted by atomic mass is 32.2. The molecule has 1 saturated heterocycles. The second kappa shape index (κ2) is 9.28. The number of carbonyl (C=O) groups excluding carboxylic acids is 2. The lowest BCUT2D eigenvalue weighted by atomic mass is 10.00. The molecule has 1 fully saturated rings. The SMILES string of the molecule is CCCCC(=O)Nc1cccc([C@@H]2SCC(=O)N2c2ccccc2C(C)C)c1. The molecule has 2 aromatic carbocycles. The Morgan fingerprint density at radius 3 is 2.75 bits per heavy atom. The first-order valence-electron chi connectivity index (χ1n) is 9.93. The number of nitrogens with zero attached hydrogens (tertiary/aromatic N) is 1. The molecule has 2 amide bonds. The highest BCUT2D eigenvalue weighted by molar-refractivity contribution is 8.00. The zero-order chi connectivity index (χ0) is 20.1. The number of benzene rings is 2. The van der Waals surface area contributed by atoms with Gasteiger partial charge in [-0.25, -0.2) is 0 Å². The minimum atomic E-state index is -0.0834. The maximum atomic E-state index is 12.7. The number of thioether (sulfide) groups is 1. The van der Waals surface area contributed by atoms with Gasteiger partial charge in [-0.2, -0.15) is 0 Å². The molecule has 0 aromatic heterocycles. The van der Waals surface area contributed by atoms with E-state index in [-0.39, 0.29) is 17.2 Å². The fourth-order valence-electron chi connectivity index (χ4n) is 3.46. The van der Waals surface area contributed by atoms with Crippen LogP contribution in [0, 0.1) is 0 Å². The van der Waals surface area contributed by atoms with Gasteiger partial charge < -0.3 is 5.32 Å². The first-order valence-corrected chi connectivity index (χ1v) is 11.0. The topological polar surface area (TPSA) is 49.4 Å². The Balaban J connectivity index is 1.88. The first-order chi connectivity index (χ1) is 13.5. The van der Waals surface area contributed by atoms with E-state index < -0.39 is 0 Å². The van der Waals surface area contributed by atoms with E-state index in [9.17, 15) is 9.59 Å².